The van der Waals surface area contributed by atoms with Crippen LogP contribution in [0, 0.1) is 5.82 Å². The second kappa shape index (κ2) is 7.29. The molecule has 4 nitrogen and oxygen atoms in total. The molecular formula is C17H16BrFO4. The molecule has 23 heavy (non-hydrogen) atoms. The summed E-state index contributed by atoms with van der Waals surface area (Å²) in [5.74, 6) is 0.438. The number of ether oxygens (including phenoxy) is 4. The summed E-state index contributed by atoms with van der Waals surface area (Å²) in [6.45, 7) is 1.21. The lowest BCUT2D eigenvalue weighted by atomic mass is 10.1. The average molecular weight is 383 g/mol. The molecule has 0 unspecified atom stereocenters. The first-order valence-electron chi connectivity index (χ1n) is 7.16. The van der Waals surface area contributed by atoms with Gasteiger partial charge >= 0.3 is 0 Å². The van der Waals surface area contributed by atoms with E-state index in [4.69, 9.17) is 18.9 Å². The van der Waals surface area contributed by atoms with Crippen molar-refractivity contribution >= 4 is 15.9 Å². The smallest absolute Gasteiger partial charge is 0.187 e. The molecule has 6 heteroatoms. The number of rotatable bonds is 5. The van der Waals surface area contributed by atoms with E-state index >= 15 is 0 Å². The van der Waals surface area contributed by atoms with Crippen LogP contribution in [0.25, 0.3) is 0 Å². The van der Waals surface area contributed by atoms with Crippen LogP contribution in [0.1, 0.15) is 17.4 Å². The molecule has 0 spiro atoms. The van der Waals surface area contributed by atoms with Gasteiger partial charge in [-0.1, -0.05) is 12.1 Å². The molecule has 1 aliphatic heterocycles. The van der Waals surface area contributed by atoms with Gasteiger partial charge in [0.05, 0.1) is 30.4 Å². The second-order valence-corrected chi connectivity index (χ2v) is 5.84. The van der Waals surface area contributed by atoms with Crippen molar-refractivity contribution < 1.29 is 23.3 Å². The Morgan fingerprint density at radius 1 is 1.13 bits per heavy atom. The highest BCUT2D eigenvalue weighted by atomic mass is 79.9. The van der Waals surface area contributed by atoms with Crippen molar-refractivity contribution in [2.24, 2.45) is 0 Å². The van der Waals surface area contributed by atoms with E-state index in [2.05, 4.69) is 15.9 Å². The predicted octanol–water partition coefficient (Wildman–Crippen LogP) is 4.22. The van der Waals surface area contributed by atoms with Crippen LogP contribution in [0.4, 0.5) is 4.39 Å². The van der Waals surface area contributed by atoms with E-state index in [1.54, 1.807) is 19.2 Å². The molecule has 0 bridgehead atoms. The average Bonchev–Trinajstić information content (AvgIpc) is 3.11. The predicted molar refractivity (Wildman–Crippen MR) is 86.1 cm³/mol. The van der Waals surface area contributed by atoms with Crippen LogP contribution in [0.5, 0.6) is 11.5 Å². The van der Waals surface area contributed by atoms with Gasteiger partial charge in [0.2, 0.25) is 0 Å². The van der Waals surface area contributed by atoms with E-state index in [9.17, 15) is 4.39 Å². The van der Waals surface area contributed by atoms with Crippen LogP contribution in [-0.4, -0.2) is 20.3 Å². The molecule has 0 aliphatic carbocycles. The maximum Gasteiger partial charge on any atom is 0.187 e. The van der Waals surface area contributed by atoms with Crippen molar-refractivity contribution in [3.8, 4) is 11.5 Å². The highest BCUT2D eigenvalue weighted by molar-refractivity contribution is 9.10. The Morgan fingerprint density at radius 2 is 1.83 bits per heavy atom. The van der Waals surface area contributed by atoms with Gasteiger partial charge in [0.1, 0.15) is 12.4 Å². The Labute approximate surface area is 142 Å². The summed E-state index contributed by atoms with van der Waals surface area (Å²) in [5.41, 5.74) is 1.46. The maximum absolute atomic E-state index is 14.4. The Bertz CT molecular complexity index is 669. The Morgan fingerprint density at radius 3 is 2.48 bits per heavy atom. The summed E-state index contributed by atoms with van der Waals surface area (Å²) >= 11 is 3.18. The SMILES string of the molecule is COc1ccc(COc2c(C3OCCO3)ccc(Br)c2F)cc1. The minimum Gasteiger partial charge on any atom is -0.497 e. The summed E-state index contributed by atoms with van der Waals surface area (Å²) in [6, 6.07) is 10.8. The number of hydrogen-bond acceptors (Lipinski definition) is 4. The zero-order chi connectivity index (χ0) is 16.2. The fourth-order valence-corrected chi connectivity index (χ4v) is 2.61. The van der Waals surface area contributed by atoms with Crippen LogP contribution >= 0.6 is 15.9 Å². The van der Waals surface area contributed by atoms with Crippen molar-refractivity contribution in [3.05, 3.63) is 57.8 Å². The van der Waals surface area contributed by atoms with E-state index in [-0.39, 0.29) is 12.4 Å². The minimum atomic E-state index is -0.594. The standard InChI is InChI=1S/C17H16BrFO4/c1-20-12-4-2-11(3-5-12)10-23-16-13(17-21-8-9-22-17)6-7-14(18)15(16)19/h2-7,17H,8-10H2,1H3. The zero-order valence-corrected chi connectivity index (χ0v) is 14.1. The molecule has 0 N–H and O–H groups in total. The van der Waals surface area contributed by atoms with Crippen LogP contribution in [0.15, 0.2) is 40.9 Å². The number of benzene rings is 2. The number of hydrogen-bond donors (Lipinski definition) is 0. The van der Waals surface area contributed by atoms with Crippen molar-refractivity contribution in [3.63, 3.8) is 0 Å². The molecule has 0 aromatic heterocycles. The highest BCUT2D eigenvalue weighted by Gasteiger charge is 2.25. The van der Waals surface area contributed by atoms with Crippen LogP contribution < -0.4 is 9.47 Å². The first-order valence-corrected chi connectivity index (χ1v) is 7.95. The van der Waals surface area contributed by atoms with Gasteiger partial charge in [-0.2, -0.15) is 0 Å². The van der Waals surface area contributed by atoms with E-state index in [1.807, 2.05) is 24.3 Å². The van der Waals surface area contributed by atoms with Gasteiger partial charge in [0, 0.05) is 0 Å². The van der Waals surface area contributed by atoms with Crippen molar-refractivity contribution in [1.82, 2.24) is 0 Å². The van der Waals surface area contributed by atoms with E-state index < -0.39 is 12.1 Å². The molecule has 3 rings (SSSR count). The summed E-state index contributed by atoms with van der Waals surface area (Å²) in [7, 11) is 1.61. The Balaban J connectivity index is 1.81. The second-order valence-electron chi connectivity index (χ2n) is 4.99. The summed E-state index contributed by atoms with van der Waals surface area (Å²) in [4.78, 5) is 0. The third kappa shape index (κ3) is 3.65. The number of methoxy groups -OCH3 is 1. The molecule has 0 atom stereocenters. The van der Waals surface area contributed by atoms with Gasteiger partial charge in [-0.15, -0.1) is 0 Å². The van der Waals surface area contributed by atoms with Gasteiger partial charge in [0.15, 0.2) is 17.9 Å². The lowest BCUT2D eigenvalue weighted by Gasteiger charge is -2.17. The lowest BCUT2D eigenvalue weighted by Crippen LogP contribution is -2.06. The largest absolute Gasteiger partial charge is 0.497 e. The maximum atomic E-state index is 14.4. The van der Waals surface area contributed by atoms with Crippen molar-refractivity contribution in [2.45, 2.75) is 12.9 Å². The molecule has 2 aromatic rings. The highest BCUT2D eigenvalue weighted by Crippen LogP contribution is 2.36. The Hall–Kier alpha value is -1.63. The molecule has 0 radical (unpaired) electrons. The third-order valence-corrected chi connectivity index (χ3v) is 4.11. The van der Waals surface area contributed by atoms with E-state index in [0.717, 1.165) is 11.3 Å². The van der Waals surface area contributed by atoms with Gasteiger partial charge < -0.3 is 18.9 Å². The summed E-state index contributed by atoms with van der Waals surface area (Å²) < 4.78 is 36.5. The summed E-state index contributed by atoms with van der Waals surface area (Å²) in [6.07, 6.45) is -0.594. The third-order valence-electron chi connectivity index (χ3n) is 3.50. The number of halogens is 2. The molecular weight excluding hydrogens is 367 g/mol. The fourth-order valence-electron chi connectivity index (χ4n) is 2.29. The van der Waals surface area contributed by atoms with Crippen molar-refractivity contribution in [2.75, 3.05) is 20.3 Å². The molecule has 2 aromatic carbocycles. The topological polar surface area (TPSA) is 36.9 Å². The van der Waals surface area contributed by atoms with E-state index in [1.165, 1.54) is 0 Å². The monoisotopic (exact) mass is 382 g/mol. The first-order chi connectivity index (χ1) is 11.2. The van der Waals surface area contributed by atoms with E-state index in [0.29, 0.717) is 23.2 Å². The quantitative estimate of drug-likeness (QED) is 0.775. The molecule has 1 aliphatic rings. The molecule has 0 amide bonds. The van der Waals surface area contributed by atoms with Crippen LogP contribution in [0.3, 0.4) is 0 Å². The first kappa shape index (κ1) is 16.2. The molecule has 1 saturated heterocycles. The van der Waals surface area contributed by atoms with Gasteiger partial charge in [-0.3, -0.25) is 0 Å². The zero-order valence-electron chi connectivity index (χ0n) is 12.6. The van der Waals surface area contributed by atoms with Gasteiger partial charge in [0.25, 0.3) is 0 Å². The van der Waals surface area contributed by atoms with Crippen molar-refractivity contribution in [1.29, 1.82) is 0 Å². The van der Waals surface area contributed by atoms with Gasteiger partial charge in [-0.05, 0) is 45.8 Å². The normalized spacial score (nSPS) is 14.9. The summed E-state index contributed by atoms with van der Waals surface area (Å²) in [5, 5.41) is 0. The molecule has 1 heterocycles. The molecule has 122 valence electrons. The van der Waals surface area contributed by atoms with Gasteiger partial charge in [-0.25, -0.2) is 4.39 Å². The molecule has 1 fully saturated rings. The molecule has 0 saturated carbocycles. The minimum absolute atomic E-state index is 0.141. The fraction of sp³-hybridized carbons (Fsp3) is 0.294. The Kier molecular flexibility index (Phi) is 5.15. The van der Waals surface area contributed by atoms with Crippen LogP contribution in [0.2, 0.25) is 0 Å². The lowest BCUT2D eigenvalue weighted by molar-refractivity contribution is -0.0462. The van der Waals surface area contributed by atoms with Crippen LogP contribution in [-0.2, 0) is 16.1 Å².